The fraction of sp³-hybridized carbons (Fsp3) is 0.571. The van der Waals surface area contributed by atoms with Crippen molar-refractivity contribution in [1.82, 2.24) is 19.6 Å². The van der Waals surface area contributed by atoms with E-state index >= 15 is 0 Å². The summed E-state index contributed by atoms with van der Waals surface area (Å²) in [6.07, 6.45) is 1.33. The second-order valence-electron chi connectivity index (χ2n) is 8.00. The van der Waals surface area contributed by atoms with Gasteiger partial charge in [0.1, 0.15) is 0 Å². The predicted octanol–water partition coefficient (Wildman–Crippen LogP) is 1.56. The van der Waals surface area contributed by atoms with Crippen LogP contribution in [0.4, 0.5) is 4.79 Å². The molecule has 0 bridgehead atoms. The first-order valence-electron chi connectivity index (χ1n) is 9.93. The van der Waals surface area contributed by atoms with Crippen molar-refractivity contribution in [2.75, 3.05) is 46.8 Å². The van der Waals surface area contributed by atoms with E-state index in [4.69, 9.17) is 0 Å². The summed E-state index contributed by atoms with van der Waals surface area (Å²) in [6.45, 7) is 5.11. The lowest BCUT2D eigenvalue weighted by Crippen LogP contribution is -2.54. The minimum absolute atomic E-state index is 0.000367. The third-order valence-corrected chi connectivity index (χ3v) is 5.62. The van der Waals surface area contributed by atoms with Gasteiger partial charge >= 0.3 is 6.03 Å². The SMILES string of the molecule is Cc1ccc(CN2CCN(C(=O)C3CCN(C(=O)N(C)C)CC3)CC2=O)cc1. The molecule has 1 aromatic carbocycles. The van der Waals surface area contributed by atoms with Gasteiger partial charge in [-0.1, -0.05) is 29.8 Å². The van der Waals surface area contributed by atoms with Crippen molar-refractivity contribution in [3.8, 4) is 0 Å². The van der Waals surface area contributed by atoms with Crippen LogP contribution in [0.5, 0.6) is 0 Å². The van der Waals surface area contributed by atoms with E-state index in [9.17, 15) is 14.4 Å². The minimum Gasteiger partial charge on any atom is -0.335 e. The Labute approximate surface area is 166 Å². The average molecular weight is 386 g/mol. The summed E-state index contributed by atoms with van der Waals surface area (Å²) in [5, 5.41) is 0. The van der Waals surface area contributed by atoms with E-state index in [0.717, 1.165) is 5.56 Å². The van der Waals surface area contributed by atoms with Gasteiger partial charge < -0.3 is 19.6 Å². The lowest BCUT2D eigenvalue weighted by atomic mass is 9.95. The number of likely N-dealkylation sites (tertiary alicyclic amines) is 1. The van der Waals surface area contributed by atoms with E-state index in [1.54, 1.807) is 28.8 Å². The van der Waals surface area contributed by atoms with Crippen molar-refractivity contribution in [2.24, 2.45) is 5.92 Å². The molecule has 1 aromatic rings. The highest BCUT2D eigenvalue weighted by molar-refractivity contribution is 5.87. The molecule has 0 aliphatic carbocycles. The van der Waals surface area contributed by atoms with Gasteiger partial charge in [0.05, 0.1) is 6.54 Å². The van der Waals surface area contributed by atoms with Crippen molar-refractivity contribution < 1.29 is 14.4 Å². The van der Waals surface area contributed by atoms with Crippen molar-refractivity contribution >= 4 is 17.8 Å². The Morgan fingerprint density at radius 3 is 2.21 bits per heavy atom. The number of nitrogens with zero attached hydrogens (tertiary/aromatic N) is 4. The van der Waals surface area contributed by atoms with Crippen LogP contribution in [-0.2, 0) is 16.1 Å². The zero-order chi connectivity index (χ0) is 20.3. The molecule has 0 N–H and O–H groups in total. The molecule has 0 unspecified atom stereocenters. The molecule has 3 rings (SSSR count). The number of hydrogen-bond donors (Lipinski definition) is 0. The summed E-state index contributed by atoms with van der Waals surface area (Å²) >= 11 is 0. The molecule has 2 aliphatic rings. The highest BCUT2D eigenvalue weighted by atomic mass is 16.2. The molecule has 2 saturated heterocycles. The van der Waals surface area contributed by atoms with Crippen LogP contribution in [0.2, 0.25) is 0 Å². The molecule has 7 nitrogen and oxygen atoms in total. The van der Waals surface area contributed by atoms with Gasteiger partial charge in [0, 0.05) is 52.7 Å². The molecule has 2 fully saturated rings. The van der Waals surface area contributed by atoms with Crippen molar-refractivity contribution in [1.29, 1.82) is 0 Å². The topological polar surface area (TPSA) is 64.2 Å². The van der Waals surface area contributed by atoms with Crippen LogP contribution in [0, 0.1) is 12.8 Å². The van der Waals surface area contributed by atoms with Crippen LogP contribution in [0.1, 0.15) is 24.0 Å². The number of aryl methyl sites for hydroxylation is 1. The van der Waals surface area contributed by atoms with Gasteiger partial charge in [-0.2, -0.15) is 0 Å². The molecule has 152 valence electrons. The van der Waals surface area contributed by atoms with Gasteiger partial charge in [0.2, 0.25) is 11.8 Å². The Bertz CT molecular complexity index is 724. The highest BCUT2D eigenvalue weighted by Crippen LogP contribution is 2.22. The maximum Gasteiger partial charge on any atom is 0.319 e. The van der Waals surface area contributed by atoms with Gasteiger partial charge in [0.25, 0.3) is 0 Å². The smallest absolute Gasteiger partial charge is 0.319 e. The van der Waals surface area contributed by atoms with Gasteiger partial charge in [-0.25, -0.2) is 4.79 Å². The highest BCUT2D eigenvalue weighted by Gasteiger charge is 2.34. The van der Waals surface area contributed by atoms with E-state index in [1.807, 2.05) is 36.1 Å². The number of rotatable bonds is 3. The molecule has 0 spiro atoms. The number of amides is 4. The van der Waals surface area contributed by atoms with E-state index in [-0.39, 0.29) is 30.3 Å². The van der Waals surface area contributed by atoms with Crippen molar-refractivity contribution in [2.45, 2.75) is 26.3 Å². The quantitative estimate of drug-likeness (QED) is 0.792. The van der Waals surface area contributed by atoms with Crippen LogP contribution < -0.4 is 0 Å². The van der Waals surface area contributed by atoms with Gasteiger partial charge in [-0.3, -0.25) is 9.59 Å². The average Bonchev–Trinajstić information content (AvgIpc) is 2.70. The monoisotopic (exact) mass is 386 g/mol. The van der Waals surface area contributed by atoms with E-state index < -0.39 is 0 Å². The molecule has 0 atom stereocenters. The third-order valence-electron chi connectivity index (χ3n) is 5.62. The van der Waals surface area contributed by atoms with Crippen LogP contribution >= 0.6 is 0 Å². The summed E-state index contributed by atoms with van der Waals surface area (Å²) in [5.41, 5.74) is 2.31. The van der Waals surface area contributed by atoms with Crippen LogP contribution in [0.25, 0.3) is 0 Å². The molecule has 0 aromatic heterocycles. The zero-order valence-corrected chi connectivity index (χ0v) is 17.1. The summed E-state index contributed by atoms with van der Waals surface area (Å²) < 4.78 is 0. The number of hydrogen-bond acceptors (Lipinski definition) is 3. The fourth-order valence-electron chi connectivity index (χ4n) is 3.84. The van der Waals surface area contributed by atoms with Gasteiger partial charge in [-0.15, -0.1) is 0 Å². The third kappa shape index (κ3) is 4.64. The van der Waals surface area contributed by atoms with E-state index in [2.05, 4.69) is 0 Å². The minimum atomic E-state index is -0.0948. The summed E-state index contributed by atoms with van der Waals surface area (Å²) in [6, 6.07) is 8.18. The van der Waals surface area contributed by atoms with Crippen molar-refractivity contribution in [3.63, 3.8) is 0 Å². The summed E-state index contributed by atoms with van der Waals surface area (Å²) in [7, 11) is 3.47. The number of carbonyl (C=O) groups is 3. The van der Waals surface area contributed by atoms with Crippen LogP contribution in [-0.4, -0.2) is 84.3 Å². The van der Waals surface area contributed by atoms with Gasteiger partial charge in [-0.05, 0) is 25.3 Å². The zero-order valence-electron chi connectivity index (χ0n) is 17.1. The Hall–Kier alpha value is -2.57. The molecule has 2 heterocycles. The number of carbonyl (C=O) groups excluding carboxylic acids is 3. The molecule has 0 radical (unpaired) electrons. The molecule has 7 heteroatoms. The standard InChI is InChI=1S/C21H30N4O3/c1-16-4-6-17(7-5-16)14-24-12-13-25(15-19(24)26)20(27)18-8-10-23(11-9-18)21(28)22(2)3/h4-7,18H,8-15H2,1-3H3. The Balaban J connectivity index is 1.50. The van der Waals surface area contributed by atoms with Crippen LogP contribution in [0.15, 0.2) is 24.3 Å². The number of piperidine rings is 1. The molecule has 28 heavy (non-hydrogen) atoms. The molecule has 2 aliphatic heterocycles. The normalized spacial score (nSPS) is 18.4. The molecule has 0 saturated carbocycles. The van der Waals surface area contributed by atoms with Crippen LogP contribution in [0.3, 0.4) is 0 Å². The van der Waals surface area contributed by atoms with E-state index in [0.29, 0.717) is 45.6 Å². The largest absolute Gasteiger partial charge is 0.335 e. The first kappa shape index (κ1) is 20.2. The molecular weight excluding hydrogens is 356 g/mol. The first-order valence-corrected chi connectivity index (χ1v) is 9.93. The maximum atomic E-state index is 12.9. The summed E-state index contributed by atoms with van der Waals surface area (Å²) in [4.78, 5) is 44.3. The number of urea groups is 1. The van der Waals surface area contributed by atoms with E-state index in [1.165, 1.54) is 5.56 Å². The second-order valence-corrected chi connectivity index (χ2v) is 8.00. The molecule has 4 amide bonds. The maximum absolute atomic E-state index is 12.9. The molecular formula is C21H30N4O3. The Morgan fingerprint density at radius 2 is 1.64 bits per heavy atom. The summed E-state index contributed by atoms with van der Waals surface area (Å²) in [5.74, 6) is -0.0386. The van der Waals surface area contributed by atoms with Crippen molar-refractivity contribution in [3.05, 3.63) is 35.4 Å². The Morgan fingerprint density at radius 1 is 1.00 bits per heavy atom. The lowest BCUT2D eigenvalue weighted by Gasteiger charge is -2.38. The van der Waals surface area contributed by atoms with Gasteiger partial charge in [0.15, 0.2) is 0 Å². The predicted molar refractivity (Wildman–Crippen MR) is 107 cm³/mol. The fourth-order valence-corrected chi connectivity index (χ4v) is 3.84. The Kier molecular flexibility index (Phi) is 6.21. The number of piperazine rings is 1. The lowest BCUT2D eigenvalue weighted by molar-refractivity contribution is -0.148. The first-order chi connectivity index (χ1) is 13.3. The number of benzene rings is 1. The second kappa shape index (κ2) is 8.63.